The van der Waals surface area contributed by atoms with Crippen LogP contribution in [0.5, 0.6) is 0 Å². The van der Waals surface area contributed by atoms with Crippen LogP contribution in [0.2, 0.25) is 0 Å². The van der Waals surface area contributed by atoms with Crippen LogP contribution in [0.25, 0.3) is 0 Å². The summed E-state index contributed by atoms with van der Waals surface area (Å²) in [5.41, 5.74) is 0. The second-order valence-corrected chi connectivity index (χ2v) is 3.51. The van der Waals surface area contributed by atoms with E-state index < -0.39 is 6.10 Å². The number of ether oxygens (including phenoxy) is 1. The Kier molecular flexibility index (Phi) is 4.74. The third-order valence-electron chi connectivity index (χ3n) is 1.34. The highest BCUT2D eigenvalue weighted by atomic mass is 32.2. The summed E-state index contributed by atoms with van der Waals surface area (Å²) in [4.78, 5) is 7.81. The molecule has 1 atom stereocenters. The van der Waals surface area contributed by atoms with E-state index in [1.165, 1.54) is 18.1 Å². The van der Waals surface area contributed by atoms with Crippen LogP contribution in [-0.4, -0.2) is 40.6 Å². The molecule has 0 spiro atoms. The standard InChI is InChI=1S/C8H12N2O2S/c1-12-4-7(11)5-13-8-2-3-9-6-10-8/h2-3,6-7,11H,4-5H2,1H3. The average molecular weight is 200 g/mol. The van der Waals surface area contributed by atoms with Gasteiger partial charge in [-0.2, -0.15) is 0 Å². The third kappa shape index (κ3) is 4.21. The van der Waals surface area contributed by atoms with Gasteiger partial charge in [0.05, 0.1) is 17.7 Å². The first-order valence-corrected chi connectivity index (χ1v) is 4.87. The molecule has 1 N–H and O–H groups in total. The van der Waals surface area contributed by atoms with Crippen molar-refractivity contribution in [2.24, 2.45) is 0 Å². The van der Waals surface area contributed by atoms with Gasteiger partial charge in [0.2, 0.25) is 0 Å². The smallest absolute Gasteiger partial charge is 0.116 e. The minimum atomic E-state index is -0.440. The number of hydrogen-bond acceptors (Lipinski definition) is 5. The number of aliphatic hydroxyl groups is 1. The van der Waals surface area contributed by atoms with Crippen molar-refractivity contribution in [2.75, 3.05) is 19.5 Å². The van der Waals surface area contributed by atoms with Crippen LogP contribution in [0.15, 0.2) is 23.6 Å². The number of aromatic nitrogens is 2. The maximum absolute atomic E-state index is 9.32. The van der Waals surface area contributed by atoms with Crippen molar-refractivity contribution in [3.05, 3.63) is 18.6 Å². The van der Waals surface area contributed by atoms with Gasteiger partial charge >= 0.3 is 0 Å². The lowest BCUT2D eigenvalue weighted by Crippen LogP contribution is -2.16. The third-order valence-corrected chi connectivity index (χ3v) is 2.43. The summed E-state index contributed by atoms with van der Waals surface area (Å²) in [6.45, 7) is 0.359. The molecule has 1 rings (SSSR count). The highest BCUT2D eigenvalue weighted by Gasteiger charge is 2.04. The van der Waals surface area contributed by atoms with Gasteiger partial charge in [0.15, 0.2) is 0 Å². The van der Waals surface area contributed by atoms with Crippen molar-refractivity contribution < 1.29 is 9.84 Å². The van der Waals surface area contributed by atoms with Crippen LogP contribution in [0.1, 0.15) is 0 Å². The fourth-order valence-electron chi connectivity index (χ4n) is 0.786. The summed E-state index contributed by atoms with van der Waals surface area (Å²) in [5.74, 6) is 0.588. The number of thioether (sulfide) groups is 1. The molecule has 13 heavy (non-hydrogen) atoms. The van der Waals surface area contributed by atoms with Gasteiger partial charge in [-0.3, -0.25) is 0 Å². The van der Waals surface area contributed by atoms with Gasteiger partial charge in [-0.25, -0.2) is 9.97 Å². The zero-order chi connectivity index (χ0) is 9.52. The second-order valence-electron chi connectivity index (χ2n) is 2.47. The Morgan fingerprint density at radius 1 is 1.69 bits per heavy atom. The minimum absolute atomic E-state index is 0.359. The molecule has 0 radical (unpaired) electrons. The van der Waals surface area contributed by atoms with Gasteiger partial charge in [0.25, 0.3) is 0 Å². The fraction of sp³-hybridized carbons (Fsp3) is 0.500. The van der Waals surface area contributed by atoms with E-state index in [-0.39, 0.29) is 0 Å². The van der Waals surface area contributed by atoms with Crippen molar-refractivity contribution in [3.8, 4) is 0 Å². The van der Waals surface area contributed by atoms with E-state index in [0.717, 1.165) is 5.03 Å². The number of aliphatic hydroxyl groups excluding tert-OH is 1. The van der Waals surface area contributed by atoms with E-state index in [9.17, 15) is 5.11 Å². The van der Waals surface area contributed by atoms with Crippen molar-refractivity contribution in [2.45, 2.75) is 11.1 Å². The monoisotopic (exact) mass is 200 g/mol. The Balaban J connectivity index is 2.27. The van der Waals surface area contributed by atoms with Gasteiger partial charge in [0.1, 0.15) is 6.33 Å². The van der Waals surface area contributed by atoms with E-state index >= 15 is 0 Å². The highest BCUT2D eigenvalue weighted by molar-refractivity contribution is 7.99. The molecule has 72 valence electrons. The molecule has 0 aliphatic rings. The lowest BCUT2D eigenvalue weighted by molar-refractivity contribution is 0.0794. The maximum Gasteiger partial charge on any atom is 0.116 e. The van der Waals surface area contributed by atoms with Gasteiger partial charge in [0, 0.05) is 19.1 Å². The molecule has 0 amide bonds. The zero-order valence-corrected chi connectivity index (χ0v) is 8.20. The van der Waals surface area contributed by atoms with Crippen LogP contribution in [0, 0.1) is 0 Å². The lowest BCUT2D eigenvalue weighted by atomic mass is 10.4. The zero-order valence-electron chi connectivity index (χ0n) is 7.38. The molecule has 0 saturated carbocycles. The van der Waals surface area contributed by atoms with Crippen LogP contribution >= 0.6 is 11.8 Å². The fourth-order valence-corrected chi connectivity index (χ4v) is 1.52. The normalized spacial score (nSPS) is 12.8. The van der Waals surface area contributed by atoms with Crippen LogP contribution in [0.4, 0.5) is 0 Å². The van der Waals surface area contributed by atoms with Crippen LogP contribution in [0.3, 0.4) is 0 Å². The molecule has 1 heterocycles. The summed E-state index contributed by atoms with van der Waals surface area (Å²) in [6.07, 6.45) is 2.73. The lowest BCUT2D eigenvalue weighted by Gasteiger charge is -2.07. The number of hydrogen-bond donors (Lipinski definition) is 1. The summed E-state index contributed by atoms with van der Waals surface area (Å²) in [5, 5.41) is 10.2. The molecule has 5 heteroatoms. The second kappa shape index (κ2) is 5.90. The molecular weight excluding hydrogens is 188 g/mol. The molecule has 0 aliphatic carbocycles. The van der Waals surface area contributed by atoms with Gasteiger partial charge in [-0.1, -0.05) is 0 Å². The summed E-state index contributed by atoms with van der Waals surface area (Å²) >= 11 is 1.49. The van der Waals surface area contributed by atoms with E-state index in [4.69, 9.17) is 4.74 Å². The van der Waals surface area contributed by atoms with E-state index in [1.807, 2.05) is 6.07 Å². The number of methoxy groups -OCH3 is 1. The quantitative estimate of drug-likeness (QED) is 0.556. The van der Waals surface area contributed by atoms with E-state index in [1.54, 1.807) is 13.3 Å². The number of nitrogens with zero attached hydrogens (tertiary/aromatic N) is 2. The molecular formula is C8H12N2O2S. The Morgan fingerprint density at radius 3 is 3.15 bits per heavy atom. The maximum atomic E-state index is 9.32. The molecule has 0 saturated heterocycles. The first-order valence-electron chi connectivity index (χ1n) is 3.88. The van der Waals surface area contributed by atoms with Gasteiger partial charge in [-0.05, 0) is 6.07 Å². The molecule has 0 aliphatic heterocycles. The van der Waals surface area contributed by atoms with Crippen molar-refractivity contribution >= 4 is 11.8 Å². The molecule has 4 nitrogen and oxygen atoms in total. The predicted molar refractivity (Wildman–Crippen MR) is 50.6 cm³/mol. The Morgan fingerprint density at radius 2 is 2.54 bits per heavy atom. The van der Waals surface area contributed by atoms with Gasteiger partial charge < -0.3 is 9.84 Å². The van der Waals surface area contributed by atoms with E-state index in [0.29, 0.717) is 12.4 Å². The largest absolute Gasteiger partial charge is 0.390 e. The van der Waals surface area contributed by atoms with Crippen LogP contribution in [-0.2, 0) is 4.74 Å². The first kappa shape index (κ1) is 10.4. The SMILES string of the molecule is COCC(O)CSc1ccncn1. The Labute approximate surface area is 81.4 Å². The van der Waals surface area contributed by atoms with Crippen molar-refractivity contribution in [1.29, 1.82) is 0 Å². The predicted octanol–water partition coefficient (Wildman–Crippen LogP) is 0.576. The molecule has 0 bridgehead atoms. The first-order chi connectivity index (χ1) is 6.33. The molecule has 0 fully saturated rings. The Hall–Kier alpha value is -0.650. The summed E-state index contributed by atoms with van der Waals surface area (Å²) < 4.78 is 4.80. The highest BCUT2D eigenvalue weighted by Crippen LogP contribution is 2.14. The number of rotatable bonds is 5. The Bertz CT molecular complexity index is 233. The summed E-state index contributed by atoms with van der Waals surface area (Å²) in [7, 11) is 1.57. The van der Waals surface area contributed by atoms with Crippen molar-refractivity contribution in [1.82, 2.24) is 9.97 Å². The van der Waals surface area contributed by atoms with E-state index in [2.05, 4.69) is 9.97 Å². The average Bonchev–Trinajstić information content (AvgIpc) is 2.17. The van der Waals surface area contributed by atoms with Crippen molar-refractivity contribution in [3.63, 3.8) is 0 Å². The molecule has 1 aromatic rings. The van der Waals surface area contributed by atoms with Gasteiger partial charge in [-0.15, -0.1) is 11.8 Å². The molecule has 0 aromatic carbocycles. The summed E-state index contributed by atoms with van der Waals surface area (Å²) in [6, 6.07) is 1.81. The minimum Gasteiger partial charge on any atom is -0.390 e. The molecule has 1 aromatic heterocycles. The van der Waals surface area contributed by atoms with Crippen LogP contribution < -0.4 is 0 Å². The topological polar surface area (TPSA) is 55.2 Å². The molecule has 1 unspecified atom stereocenters.